The fraction of sp³-hybridized carbons (Fsp3) is 0.235. The van der Waals surface area contributed by atoms with E-state index in [4.69, 9.17) is 11.6 Å². The number of rotatable bonds is 3. The zero-order chi connectivity index (χ0) is 18.4. The van der Waals surface area contributed by atoms with Crippen molar-refractivity contribution in [2.75, 3.05) is 0 Å². The van der Waals surface area contributed by atoms with E-state index in [1.807, 2.05) is 19.1 Å². The smallest absolute Gasteiger partial charge is 0.284 e. The molecular weight excluding hydrogens is 353 g/mol. The van der Waals surface area contributed by atoms with Crippen molar-refractivity contribution in [3.05, 3.63) is 59.0 Å². The van der Waals surface area contributed by atoms with E-state index in [0.717, 1.165) is 29.0 Å². The lowest BCUT2D eigenvalue weighted by Gasteiger charge is -2.32. The Morgan fingerprint density at radius 1 is 1.36 bits per heavy atom. The predicted molar refractivity (Wildman–Crippen MR) is 92.4 cm³/mol. The Bertz CT molecular complexity index is 895. The molecule has 1 atom stereocenters. The number of hydrogen-bond acceptors (Lipinski definition) is 3. The SMILES string of the molecule is C=C1C(c2cc(C)c3[nH]ncc3c2)=C(Cl)C=CN1NC(C)C(F)(F)F. The van der Waals surface area contributed by atoms with Crippen LogP contribution in [0.1, 0.15) is 18.1 Å². The Hall–Kier alpha value is -2.25. The fourth-order valence-corrected chi connectivity index (χ4v) is 2.93. The van der Waals surface area contributed by atoms with E-state index in [2.05, 4.69) is 22.2 Å². The second-order valence-corrected chi connectivity index (χ2v) is 6.28. The van der Waals surface area contributed by atoms with Crippen LogP contribution in [0.3, 0.4) is 0 Å². The highest BCUT2D eigenvalue weighted by Gasteiger charge is 2.37. The number of hydrogen-bond donors (Lipinski definition) is 2. The summed E-state index contributed by atoms with van der Waals surface area (Å²) in [7, 11) is 0. The van der Waals surface area contributed by atoms with Gasteiger partial charge in [-0.1, -0.05) is 18.2 Å². The zero-order valence-electron chi connectivity index (χ0n) is 13.6. The molecule has 4 nitrogen and oxygen atoms in total. The van der Waals surface area contributed by atoms with Crippen molar-refractivity contribution < 1.29 is 13.2 Å². The van der Waals surface area contributed by atoms with Gasteiger partial charge in [0.25, 0.3) is 0 Å². The van der Waals surface area contributed by atoms with Crippen LogP contribution in [0.2, 0.25) is 0 Å². The van der Waals surface area contributed by atoms with Gasteiger partial charge in [0.1, 0.15) is 6.04 Å². The molecule has 2 heterocycles. The van der Waals surface area contributed by atoms with Crippen LogP contribution in [0.15, 0.2) is 47.9 Å². The van der Waals surface area contributed by atoms with Gasteiger partial charge >= 0.3 is 6.18 Å². The van der Waals surface area contributed by atoms with Crippen molar-refractivity contribution in [1.82, 2.24) is 20.6 Å². The first-order valence-corrected chi connectivity index (χ1v) is 7.89. The van der Waals surface area contributed by atoms with Crippen LogP contribution in [-0.4, -0.2) is 27.4 Å². The predicted octanol–water partition coefficient (Wildman–Crippen LogP) is 4.62. The van der Waals surface area contributed by atoms with Gasteiger partial charge in [-0.3, -0.25) is 10.1 Å². The lowest BCUT2D eigenvalue weighted by atomic mass is 9.97. The fourth-order valence-electron chi connectivity index (χ4n) is 2.66. The largest absolute Gasteiger partial charge is 0.405 e. The van der Waals surface area contributed by atoms with Crippen LogP contribution in [-0.2, 0) is 0 Å². The lowest BCUT2D eigenvalue weighted by Crippen LogP contribution is -2.47. The zero-order valence-corrected chi connectivity index (χ0v) is 14.3. The van der Waals surface area contributed by atoms with Crippen LogP contribution in [0.25, 0.3) is 16.5 Å². The van der Waals surface area contributed by atoms with Gasteiger partial charge in [0.15, 0.2) is 0 Å². The number of aryl methyl sites for hydroxylation is 1. The summed E-state index contributed by atoms with van der Waals surface area (Å²) in [6.45, 7) is 6.88. The number of nitrogens with zero attached hydrogens (tertiary/aromatic N) is 2. The molecule has 2 N–H and O–H groups in total. The van der Waals surface area contributed by atoms with Crippen molar-refractivity contribution >= 4 is 28.1 Å². The summed E-state index contributed by atoms with van der Waals surface area (Å²) in [5.41, 5.74) is 5.91. The third-order valence-electron chi connectivity index (χ3n) is 4.05. The summed E-state index contributed by atoms with van der Waals surface area (Å²) in [6, 6.07) is 2.04. The molecule has 0 radical (unpaired) electrons. The molecule has 1 aliphatic rings. The highest BCUT2D eigenvalue weighted by atomic mass is 35.5. The maximum atomic E-state index is 12.8. The van der Waals surface area contributed by atoms with Crippen molar-refractivity contribution in [2.45, 2.75) is 26.1 Å². The normalized spacial score (nSPS) is 16.9. The second kappa shape index (κ2) is 6.24. The molecule has 0 saturated heterocycles. The molecule has 1 aromatic carbocycles. The van der Waals surface area contributed by atoms with Gasteiger partial charge in [-0.2, -0.15) is 18.3 Å². The molecule has 1 unspecified atom stereocenters. The highest BCUT2D eigenvalue weighted by molar-refractivity contribution is 6.35. The summed E-state index contributed by atoms with van der Waals surface area (Å²) in [6.07, 6.45) is 0.283. The minimum Gasteiger partial charge on any atom is -0.284 e. The number of fused-ring (bicyclic) bond motifs is 1. The first kappa shape index (κ1) is 17.6. The number of aromatic amines is 1. The van der Waals surface area contributed by atoms with E-state index < -0.39 is 12.2 Å². The van der Waals surface area contributed by atoms with Gasteiger partial charge in [-0.25, -0.2) is 5.43 Å². The van der Waals surface area contributed by atoms with Gasteiger partial charge in [0.05, 0.1) is 22.4 Å². The van der Waals surface area contributed by atoms with E-state index in [0.29, 0.717) is 16.3 Å². The number of alkyl halides is 3. The molecule has 3 rings (SSSR count). The van der Waals surface area contributed by atoms with E-state index in [-0.39, 0.29) is 0 Å². The Kier molecular flexibility index (Phi) is 4.38. The molecule has 0 spiro atoms. The molecule has 8 heteroatoms. The molecule has 0 saturated carbocycles. The first-order chi connectivity index (χ1) is 11.7. The Labute approximate surface area is 147 Å². The second-order valence-electron chi connectivity index (χ2n) is 5.88. The molecule has 132 valence electrons. The van der Waals surface area contributed by atoms with Crippen molar-refractivity contribution in [2.24, 2.45) is 0 Å². The summed E-state index contributed by atoms with van der Waals surface area (Å²) >= 11 is 6.31. The minimum absolute atomic E-state index is 0.339. The third-order valence-corrected chi connectivity index (χ3v) is 4.36. The maximum absolute atomic E-state index is 12.8. The van der Waals surface area contributed by atoms with E-state index >= 15 is 0 Å². The van der Waals surface area contributed by atoms with Crippen LogP contribution in [0.5, 0.6) is 0 Å². The van der Waals surface area contributed by atoms with Crippen LogP contribution in [0, 0.1) is 6.92 Å². The molecule has 0 amide bonds. The average Bonchev–Trinajstić information content (AvgIpc) is 2.98. The molecule has 25 heavy (non-hydrogen) atoms. The van der Waals surface area contributed by atoms with E-state index in [1.165, 1.54) is 17.3 Å². The van der Waals surface area contributed by atoms with Crippen molar-refractivity contribution in [3.8, 4) is 0 Å². The molecule has 0 aliphatic carbocycles. The standard InChI is InChI=1S/C17H16ClF3N4/c1-9-6-12(7-13-8-22-23-16(9)13)15-10(2)25(5-4-14(15)18)24-11(3)17(19,20)21/h4-8,11,24H,2H2,1,3H3,(H,22,23). The topological polar surface area (TPSA) is 44.0 Å². The van der Waals surface area contributed by atoms with Crippen molar-refractivity contribution in [3.63, 3.8) is 0 Å². The molecular formula is C17H16ClF3N4. The Morgan fingerprint density at radius 2 is 2.08 bits per heavy atom. The molecule has 1 aromatic heterocycles. The van der Waals surface area contributed by atoms with Gasteiger partial charge < -0.3 is 0 Å². The summed E-state index contributed by atoms with van der Waals surface area (Å²) < 4.78 is 38.5. The minimum atomic E-state index is -4.37. The maximum Gasteiger partial charge on any atom is 0.405 e. The third kappa shape index (κ3) is 3.29. The number of nitrogens with one attached hydrogen (secondary N) is 2. The summed E-state index contributed by atoms with van der Waals surface area (Å²) in [5.74, 6) is 0. The Balaban J connectivity index is 1.97. The van der Waals surface area contributed by atoms with E-state index in [9.17, 15) is 13.2 Å². The molecule has 0 bridgehead atoms. The number of H-pyrrole nitrogens is 1. The van der Waals surface area contributed by atoms with E-state index in [1.54, 1.807) is 6.20 Å². The molecule has 0 fully saturated rings. The highest BCUT2D eigenvalue weighted by Crippen LogP contribution is 2.36. The summed E-state index contributed by atoms with van der Waals surface area (Å²) in [4.78, 5) is 0. The molecule has 2 aromatic rings. The number of halogens is 4. The van der Waals surface area contributed by atoms with Gasteiger partial charge in [0.2, 0.25) is 0 Å². The monoisotopic (exact) mass is 368 g/mol. The average molecular weight is 369 g/mol. The number of aromatic nitrogens is 2. The molecule has 1 aliphatic heterocycles. The van der Waals surface area contributed by atoms with Gasteiger partial charge in [-0.05, 0) is 43.2 Å². The lowest BCUT2D eigenvalue weighted by molar-refractivity contribution is -0.159. The van der Waals surface area contributed by atoms with Crippen LogP contribution >= 0.6 is 11.6 Å². The van der Waals surface area contributed by atoms with Crippen LogP contribution in [0.4, 0.5) is 13.2 Å². The first-order valence-electron chi connectivity index (χ1n) is 7.52. The van der Waals surface area contributed by atoms with Crippen molar-refractivity contribution in [1.29, 1.82) is 0 Å². The quantitative estimate of drug-likeness (QED) is 0.830. The number of benzene rings is 1. The summed E-state index contributed by atoms with van der Waals surface area (Å²) in [5, 5.41) is 9.46. The van der Waals surface area contributed by atoms with Gasteiger partial charge in [-0.15, -0.1) is 0 Å². The Morgan fingerprint density at radius 3 is 2.76 bits per heavy atom. The number of allylic oxidation sites excluding steroid dienone is 3. The van der Waals surface area contributed by atoms with Gasteiger partial charge in [0, 0.05) is 17.2 Å². The number of hydrazine groups is 1. The van der Waals surface area contributed by atoms with Crippen LogP contribution < -0.4 is 5.43 Å².